The van der Waals surface area contributed by atoms with Gasteiger partial charge >= 0.3 is 0 Å². The summed E-state index contributed by atoms with van der Waals surface area (Å²) in [4.78, 5) is 8.86. The second-order valence-corrected chi connectivity index (χ2v) is 4.02. The summed E-state index contributed by atoms with van der Waals surface area (Å²) in [5.41, 5.74) is 2.97. The van der Waals surface area contributed by atoms with Crippen molar-refractivity contribution in [1.29, 1.82) is 0 Å². The highest BCUT2D eigenvalue weighted by Gasteiger charge is 1.98. The first-order chi connectivity index (χ1) is 8.93. The maximum atomic E-state index is 4.46. The van der Waals surface area contributed by atoms with Crippen molar-refractivity contribution in [1.82, 2.24) is 4.98 Å². The van der Waals surface area contributed by atoms with Crippen LogP contribution in [-0.2, 0) is 0 Å². The molecule has 0 unspecified atom stereocenters. The van der Waals surface area contributed by atoms with Crippen LogP contribution in [0.3, 0.4) is 0 Å². The van der Waals surface area contributed by atoms with Crippen molar-refractivity contribution in [2.24, 2.45) is 4.99 Å². The van der Waals surface area contributed by atoms with Gasteiger partial charge in [-0.05, 0) is 18.2 Å². The van der Waals surface area contributed by atoms with E-state index in [1.54, 1.807) is 0 Å². The Hall–Kier alpha value is -2.48. The third kappa shape index (κ3) is 2.13. The largest absolute Gasteiger partial charge is 0.256 e. The number of rotatable bonds is 2. The Balaban J connectivity index is 2.03. The Morgan fingerprint density at radius 1 is 0.833 bits per heavy atom. The first-order valence-corrected chi connectivity index (χ1v) is 5.86. The van der Waals surface area contributed by atoms with E-state index in [-0.39, 0.29) is 0 Å². The van der Waals surface area contributed by atoms with Gasteiger partial charge in [0.25, 0.3) is 0 Å². The predicted molar refractivity (Wildman–Crippen MR) is 75.4 cm³/mol. The number of fused-ring (bicyclic) bond motifs is 1. The molecule has 0 bridgehead atoms. The van der Waals surface area contributed by atoms with E-state index in [9.17, 15) is 0 Å². The van der Waals surface area contributed by atoms with Gasteiger partial charge < -0.3 is 0 Å². The number of hydrogen-bond donors (Lipinski definition) is 0. The van der Waals surface area contributed by atoms with E-state index in [1.165, 1.54) is 0 Å². The topological polar surface area (TPSA) is 25.2 Å². The molecule has 0 aliphatic rings. The molecule has 18 heavy (non-hydrogen) atoms. The molecule has 2 aromatic carbocycles. The molecule has 0 amide bonds. The lowest BCUT2D eigenvalue weighted by Gasteiger charge is -2.00. The van der Waals surface area contributed by atoms with Gasteiger partial charge in [0, 0.05) is 23.4 Å². The lowest BCUT2D eigenvalue weighted by Crippen LogP contribution is -1.86. The van der Waals surface area contributed by atoms with Crippen LogP contribution in [0.1, 0.15) is 5.56 Å². The molecule has 0 N–H and O–H groups in total. The van der Waals surface area contributed by atoms with Crippen LogP contribution >= 0.6 is 0 Å². The average Bonchev–Trinajstić information content (AvgIpc) is 2.46. The van der Waals surface area contributed by atoms with Gasteiger partial charge in [-0.3, -0.25) is 9.98 Å². The van der Waals surface area contributed by atoms with Crippen molar-refractivity contribution in [2.45, 2.75) is 0 Å². The van der Waals surface area contributed by atoms with Crippen molar-refractivity contribution in [3.63, 3.8) is 0 Å². The number of benzene rings is 2. The molecular formula is C16H12N2. The SMILES string of the molecule is C(=Nc1ccccc1)c1cccc2cccnc12. The van der Waals surface area contributed by atoms with Gasteiger partial charge in [0.15, 0.2) is 0 Å². The maximum absolute atomic E-state index is 4.46. The molecule has 1 heterocycles. The monoisotopic (exact) mass is 232 g/mol. The standard InChI is InChI=1S/C16H12N2/c1-2-9-15(10-3-1)18-12-14-7-4-6-13-8-5-11-17-16(13)14/h1-12H. The number of aromatic nitrogens is 1. The summed E-state index contributed by atoms with van der Waals surface area (Å²) in [5.74, 6) is 0. The van der Waals surface area contributed by atoms with Crippen LogP contribution in [0.15, 0.2) is 71.9 Å². The van der Waals surface area contributed by atoms with Gasteiger partial charge in [0.1, 0.15) is 0 Å². The van der Waals surface area contributed by atoms with Crippen LogP contribution in [0.2, 0.25) is 0 Å². The molecule has 0 fully saturated rings. The molecule has 0 saturated heterocycles. The molecule has 0 spiro atoms. The molecule has 0 aliphatic heterocycles. The van der Waals surface area contributed by atoms with Crippen LogP contribution in [0.25, 0.3) is 10.9 Å². The van der Waals surface area contributed by atoms with Crippen LogP contribution in [0, 0.1) is 0 Å². The highest BCUT2D eigenvalue weighted by atomic mass is 14.7. The summed E-state index contributed by atoms with van der Waals surface area (Å²) < 4.78 is 0. The summed E-state index contributed by atoms with van der Waals surface area (Å²) in [6.07, 6.45) is 3.67. The van der Waals surface area contributed by atoms with E-state index in [4.69, 9.17) is 0 Å². The van der Waals surface area contributed by atoms with Gasteiger partial charge in [0.2, 0.25) is 0 Å². The van der Waals surface area contributed by atoms with Crippen molar-refractivity contribution >= 4 is 22.8 Å². The van der Waals surface area contributed by atoms with Gasteiger partial charge in [-0.25, -0.2) is 0 Å². The summed E-state index contributed by atoms with van der Waals surface area (Å²) in [7, 11) is 0. The number of aliphatic imine (C=N–C) groups is 1. The summed E-state index contributed by atoms with van der Waals surface area (Å²) in [6, 6.07) is 20.0. The van der Waals surface area contributed by atoms with E-state index in [2.05, 4.69) is 22.1 Å². The molecule has 0 saturated carbocycles. The zero-order chi connectivity index (χ0) is 12.2. The average molecular weight is 232 g/mol. The Kier molecular flexibility index (Phi) is 2.84. The number of hydrogen-bond acceptors (Lipinski definition) is 2. The van der Waals surface area contributed by atoms with Gasteiger partial charge in [-0.15, -0.1) is 0 Å². The Morgan fingerprint density at radius 2 is 1.67 bits per heavy atom. The molecular weight excluding hydrogens is 220 g/mol. The lowest BCUT2D eigenvalue weighted by molar-refractivity contribution is 1.40. The minimum absolute atomic E-state index is 0.949. The number of nitrogens with zero attached hydrogens (tertiary/aromatic N) is 2. The molecule has 0 atom stereocenters. The molecule has 0 aliphatic carbocycles. The van der Waals surface area contributed by atoms with Crippen LogP contribution < -0.4 is 0 Å². The highest BCUT2D eigenvalue weighted by Crippen LogP contribution is 2.16. The Morgan fingerprint density at radius 3 is 2.56 bits per heavy atom. The minimum Gasteiger partial charge on any atom is -0.256 e. The normalized spacial score (nSPS) is 11.1. The van der Waals surface area contributed by atoms with Crippen molar-refractivity contribution in [3.05, 3.63) is 72.4 Å². The molecule has 2 heteroatoms. The van der Waals surface area contributed by atoms with Crippen LogP contribution in [-0.4, -0.2) is 11.2 Å². The second-order valence-electron chi connectivity index (χ2n) is 4.02. The van der Waals surface area contributed by atoms with Crippen molar-refractivity contribution in [2.75, 3.05) is 0 Å². The fourth-order valence-corrected chi connectivity index (χ4v) is 1.89. The highest BCUT2D eigenvalue weighted by molar-refractivity contribution is 5.98. The smallest absolute Gasteiger partial charge is 0.0789 e. The third-order valence-corrected chi connectivity index (χ3v) is 2.77. The van der Waals surface area contributed by atoms with E-state index >= 15 is 0 Å². The third-order valence-electron chi connectivity index (χ3n) is 2.77. The van der Waals surface area contributed by atoms with Gasteiger partial charge in [-0.1, -0.05) is 42.5 Å². The zero-order valence-electron chi connectivity index (χ0n) is 9.82. The summed E-state index contributed by atoms with van der Waals surface area (Å²) in [5, 5.41) is 1.13. The van der Waals surface area contributed by atoms with E-state index in [1.807, 2.05) is 60.9 Å². The maximum Gasteiger partial charge on any atom is 0.0789 e. The molecule has 86 valence electrons. The molecule has 1 aromatic heterocycles. The van der Waals surface area contributed by atoms with E-state index < -0.39 is 0 Å². The molecule has 0 radical (unpaired) electrons. The number of pyridine rings is 1. The fourth-order valence-electron chi connectivity index (χ4n) is 1.89. The van der Waals surface area contributed by atoms with Crippen LogP contribution in [0.5, 0.6) is 0 Å². The zero-order valence-corrected chi connectivity index (χ0v) is 9.82. The molecule has 2 nitrogen and oxygen atoms in total. The first-order valence-electron chi connectivity index (χ1n) is 5.86. The van der Waals surface area contributed by atoms with Gasteiger partial charge in [0.05, 0.1) is 11.2 Å². The fraction of sp³-hybridized carbons (Fsp3) is 0. The number of para-hydroxylation sites is 2. The predicted octanol–water partition coefficient (Wildman–Crippen LogP) is 3.99. The quantitative estimate of drug-likeness (QED) is 0.613. The molecule has 3 rings (SSSR count). The Bertz CT molecular complexity index is 682. The summed E-state index contributed by atoms with van der Waals surface area (Å²) in [6.45, 7) is 0. The first kappa shape index (κ1) is 10.7. The van der Waals surface area contributed by atoms with Crippen molar-refractivity contribution < 1.29 is 0 Å². The summed E-state index contributed by atoms with van der Waals surface area (Å²) >= 11 is 0. The van der Waals surface area contributed by atoms with Gasteiger partial charge in [-0.2, -0.15) is 0 Å². The Labute approximate surface area is 106 Å². The van der Waals surface area contributed by atoms with E-state index in [0.717, 1.165) is 22.2 Å². The lowest BCUT2D eigenvalue weighted by atomic mass is 10.1. The van der Waals surface area contributed by atoms with Crippen LogP contribution in [0.4, 0.5) is 5.69 Å². The minimum atomic E-state index is 0.949. The van der Waals surface area contributed by atoms with Crippen molar-refractivity contribution in [3.8, 4) is 0 Å². The van der Waals surface area contributed by atoms with E-state index in [0.29, 0.717) is 0 Å². The molecule has 3 aromatic rings. The second kappa shape index (κ2) is 4.80.